The minimum absolute atomic E-state index is 0.272. The summed E-state index contributed by atoms with van der Waals surface area (Å²) in [5.41, 5.74) is 8.73. The molecule has 0 aromatic heterocycles. The van der Waals surface area contributed by atoms with Crippen molar-refractivity contribution in [3.8, 4) is 16.9 Å². The number of hydrogen-bond donors (Lipinski definition) is 1. The van der Waals surface area contributed by atoms with Gasteiger partial charge in [-0.2, -0.15) is 0 Å². The fraction of sp³-hybridized carbons (Fsp3) is 0.200. The van der Waals surface area contributed by atoms with Crippen LogP contribution < -0.4 is 10.5 Å². The molecular weight excluding hydrogens is 229 g/mol. The van der Waals surface area contributed by atoms with Gasteiger partial charge in [-0.1, -0.05) is 18.2 Å². The molecule has 0 spiro atoms. The maximum absolute atomic E-state index is 13.9. The quantitative estimate of drug-likeness (QED) is 0.779. The highest BCUT2D eigenvalue weighted by atomic mass is 19.1. The highest BCUT2D eigenvalue weighted by Crippen LogP contribution is 2.37. The summed E-state index contributed by atoms with van der Waals surface area (Å²) in [6.45, 7) is 0.688. The van der Waals surface area contributed by atoms with E-state index >= 15 is 0 Å². The molecular formula is C15H14FNO. The molecule has 18 heavy (non-hydrogen) atoms. The van der Waals surface area contributed by atoms with Gasteiger partial charge in [0.2, 0.25) is 0 Å². The van der Waals surface area contributed by atoms with Crippen molar-refractivity contribution < 1.29 is 9.13 Å². The predicted molar refractivity (Wildman–Crippen MR) is 70.1 cm³/mol. The first-order valence-electron chi connectivity index (χ1n) is 6.06. The summed E-state index contributed by atoms with van der Waals surface area (Å²) in [5.74, 6) is 0.528. The highest BCUT2D eigenvalue weighted by molar-refractivity contribution is 5.75. The van der Waals surface area contributed by atoms with Crippen LogP contribution in [0.5, 0.6) is 5.75 Å². The number of para-hydroxylation sites is 1. The number of nitrogens with two attached hydrogens (primary N) is 1. The predicted octanol–water partition coefficient (Wildman–Crippen LogP) is 3.40. The summed E-state index contributed by atoms with van der Waals surface area (Å²) < 4.78 is 19.6. The number of aryl methyl sites for hydroxylation is 1. The second kappa shape index (κ2) is 4.33. The molecule has 0 saturated heterocycles. The van der Waals surface area contributed by atoms with Crippen LogP contribution in [0.2, 0.25) is 0 Å². The first kappa shape index (κ1) is 11.1. The third-order valence-corrected chi connectivity index (χ3v) is 3.21. The van der Waals surface area contributed by atoms with Gasteiger partial charge in [-0.05, 0) is 36.6 Å². The van der Waals surface area contributed by atoms with Crippen LogP contribution in [0.1, 0.15) is 12.0 Å². The molecule has 0 atom stereocenters. The Balaban J connectivity index is 2.19. The first-order chi connectivity index (χ1) is 8.75. The van der Waals surface area contributed by atoms with Crippen LogP contribution in [0.15, 0.2) is 36.4 Å². The van der Waals surface area contributed by atoms with E-state index in [0.29, 0.717) is 17.9 Å². The minimum Gasteiger partial charge on any atom is -0.493 e. The van der Waals surface area contributed by atoms with Gasteiger partial charge in [0, 0.05) is 16.8 Å². The molecule has 0 radical (unpaired) electrons. The molecule has 2 nitrogen and oxygen atoms in total. The summed E-state index contributed by atoms with van der Waals surface area (Å²) in [6, 6.07) is 10.5. The van der Waals surface area contributed by atoms with Crippen LogP contribution in [0.25, 0.3) is 11.1 Å². The molecule has 3 heteroatoms. The monoisotopic (exact) mass is 243 g/mol. The van der Waals surface area contributed by atoms with Gasteiger partial charge in [-0.25, -0.2) is 4.39 Å². The Morgan fingerprint density at radius 1 is 1.11 bits per heavy atom. The van der Waals surface area contributed by atoms with Crippen molar-refractivity contribution in [3.63, 3.8) is 0 Å². The molecule has 3 rings (SSSR count). The average molecular weight is 243 g/mol. The molecule has 0 saturated carbocycles. The molecule has 0 fully saturated rings. The Hall–Kier alpha value is -2.03. The van der Waals surface area contributed by atoms with Gasteiger partial charge in [0.15, 0.2) is 0 Å². The van der Waals surface area contributed by atoms with E-state index in [-0.39, 0.29) is 5.82 Å². The van der Waals surface area contributed by atoms with Crippen molar-refractivity contribution in [1.82, 2.24) is 0 Å². The van der Waals surface area contributed by atoms with Crippen molar-refractivity contribution in [1.29, 1.82) is 0 Å². The zero-order chi connectivity index (χ0) is 12.5. The first-order valence-corrected chi connectivity index (χ1v) is 6.06. The van der Waals surface area contributed by atoms with Crippen LogP contribution in [0, 0.1) is 5.82 Å². The van der Waals surface area contributed by atoms with Crippen LogP contribution >= 0.6 is 0 Å². The van der Waals surface area contributed by atoms with E-state index < -0.39 is 0 Å². The molecule has 0 unspecified atom stereocenters. The topological polar surface area (TPSA) is 35.2 Å². The standard InChI is InChI=1S/C15H14FNO/c16-14-7-6-11(17)9-13(14)12-5-1-3-10-4-2-8-18-15(10)12/h1,3,5-7,9H,2,4,8,17H2. The number of benzene rings is 2. The lowest BCUT2D eigenvalue weighted by atomic mass is 9.97. The number of nitrogen functional groups attached to an aromatic ring is 1. The third-order valence-electron chi connectivity index (χ3n) is 3.21. The van der Waals surface area contributed by atoms with E-state index in [1.165, 1.54) is 6.07 Å². The normalized spacial score (nSPS) is 13.8. The Morgan fingerprint density at radius 2 is 2.00 bits per heavy atom. The molecule has 92 valence electrons. The van der Waals surface area contributed by atoms with Crippen molar-refractivity contribution >= 4 is 5.69 Å². The molecule has 1 aliphatic rings. The molecule has 1 aliphatic heterocycles. The van der Waals surface area contributed by atoms with Crippen molar-refractivity contribution in [2.45, 2.75) is 12.8 Å². The summed E-state index contributed by atoms with van der Waals surface area (Å²) in [7, 11) is 0. The van der Waals surface area contributed by atoms with Gasteiger partial charge in [0.05, 0.1) is 6.61 Å². The number of fused-ring (bicyclic) bond motifs is 1. The van der Waals surface area contributed by atoms with Gasteiger partial charge in [-0.15, -0.1) is 0 Å². The number of ether oxygens (including phenoxy) is 1. The van der Waals surface area contributed by atoms with E-state index in [1.807, 2.05) is 18.2 Å². The van der Waals surface area contributed by atoms with E-state index in [2.05, 4.69) is 0 Å². The Labute approximate surface area is 105 Å². The summed E-state index contributed by atoms with van der Waals surface area (Å²) in [6.07, 6.45) is 1.99. The molecule has 2 N–H and O–H groups in total. The lowest BCUT2D eigenvalue weighted by Gasteiger charge is -2.20. The Morgan fingerprint density at radius 3 is 2.89 bits per heavy atom. The number of halogens is 1. The smallest absolute Gasteiger partial charge is 0.131 e. The fourth-order valence-electron chi connectivity index (χ4n) is 2.35. The average Bonchev–Trinajstić information content (AvgIpc) is 2.41. The lowest BCUT2D eigenvalue weighted by molar-refractivity contribution is 0.289. The van der Waals surface area contributed by atoms with Gasteiger partial charge in [0.1, 0.15) is 11.6 Å². The molecule has 2 aromatic rings. The Bertz CT molecular complexity index is 595. The van der Waals surface area contributed by atoms with E-state index in [4.69, 9.17) is 10.5 Å². The highest BCUT2D eigenvalue weighted by Gasteiger charge is 2.17. The maximum atomic E-state index is 13.9. The Kier molecular flexibility index (Phi) is 2.67. The van der Waals surface area contributed by atoms with Gasteiger partial charge in [0.25, 0.3) is 0 Å². The van der Waals surface area contributed by atoms with Crippen molar-refractivity contribution in [2.24, 2.45) is 0 Å². The number of rotatable bonds is 1. The van der Waals surface area contributed by atoms with Crippen LogP contribution in [0.3, 0.4) is 0 Å². The van der Waals surface area contributed by atoms with Crippen LogP contribution in [-0.4, -0.2) is 6.61 Å². The van der Waals surface area contributed by atoms with Crippen LogP contribution in [0.4, 0.5) is 10.1 Å². The van der Waals surface area contributed by atoms with Gasteiger partial charge >= 0.3 is 0 Å². The van der Waals surface area contributed by atoms with E-state index in [9.17, 15) is 4.39 Å². The number of anilines is 1. The molecule has 2 aromatic carbocycles. The number of hydrogen-bond acceptors (Lipinski definition) is 2. The lowest BCUT2D eigenvalue weighted by Crippen LogP contribution is -2.09. The third kappa shape index (κ3) is 1.82. The molecule has 0 aliphatic carbocycles. The zero-order valence-electron chi connectivity index (χ0n) is 9.95. The largest absolute Gasteiger partial charge is 0.493 e. The summed E-state index contributed by atoms with van der Waals surface area (Å²) in [4.78, 5) is 0. The van der Waals surface area contributed by atoms with Crippen molar-refractivity contribution in [2.75, 3.05) is 12.3 Å². The van der Waals surface area contributed by atoms with Gasteiger partial charge in [-0.3, -0.25) is 0 Å². The second-order valence-corrected chi connectivity index (χ2v) is 4.49. The van der Waals surface area contributed by atoms with E-state index in [0.717, 1.165) is 29.7 Å². The van der Waals surface area contributed by atoms with Crippen LogP contribution in [-0.2, 0) is 6.42 Å². The molecule has 0 bridgehead atoms. The summed E-state index contributed by atoms with van der Waals surface area (Å²) >= 11 is 0. The van der Waals surface area contributed by atoms with Gasteiger partial charge < -0.3 is 10.5 Å². The SMILES string of the molecule is Nc1ccc(F)c(-c2cccc3c2OCCC3)c1. The fourth-order valence-corrected chi connectivity index (χ4v) is 2.35. The maximum Gasteiger partial charge on any atom is 0.131 e. The molecule has 1 heterocycles. The minimum atomic E-state index is -0.272. The second-order valence-electron chi connectivity index (χ2n) is 4.49. The molecule has 0 amide bonds. The summed E-state index contributed by atoms with van der Waals surface area (Å²) in [5, 5.41) is 0. The zero-order valence-corrected chi connectivity index (χ0v) is 9.95. The van der Waals surface area contributed by atoms with Crippen molar-refractivity contribution in [3.05, 3.63) is 47.8 Å². The van der Waals surface area contributed by atoms with E-state index in [1.54, 1.807) is 12.1 Å².